The Morgan fingerprint density at radius 1 is 1.28 bits per heavy atom. The molecule has 9 heteroatoms. The quantitative estimate of drug-likeness (QED) is 0.562. The molecule has 8 nitrogen and oxygen atoms in total. The van der Waals surface area contributed by atoms with Crippen LogP contribution in [0.2, 0.25) is 0 Å². The van der Waals surface area contributed by atoms with Crippen LogP contribution in [0, 0.1) is 10.1 Å². The van der Waals surface area contributed by atoms with Gasteiger partial charge in [0.2, 0.25) is 10.0 Å². The van der Waals surface area contributed by atoms with Crippen LogP contribution in [0.5, 0.6) is 0 Å². The van der Waals surface area contributed by atoms with E-state index in [1.54, 1.807) is 0 Å². The van der Waals surface area contributed by atoms with Gasteiger partial charge >= 0.3 is 0 Å². The van der Waals surface area contributed by atoms with Crippen molar-refractivity contribution in [3.63, 3.8) is 0 Å². The van der Waals surface area contributed by atoms with Gasteiger partial charge in [0.25, 0.3) is 5.69 Å². The Morgan fingerprint density at radius 2 is 1.92 bits per heavy atom. The van der Waals surface area contributed by atoms with E-state index < -0.39 is 14.9 Å². The summed E-state index contributed by atoms with van der Waals surface area (Å²) in [5, 5.41) is 23.5. The molecule has 1 aromatic carbocycles. The molecule has 1 saturated heterocycles. The minimum atomic E-state index is -3.75. The number of hydrogen-bond donors (Lipinski definition) is 2. The molecule has 0 unspecified atom stereocenters. The van der Waals surface area contributed by atoms with E-state index in [0.717, 1.165) is 31.7 Å². The normalized spacial score (nSPS) is 17.7. The maximum absolute atomic E-state index is 12.8. The van der Waals surface area contributed by atoms with Gasteiger partial charge in [0.1, 0.15) is 5.69 Å². The molecule has 1 atom stereocenters. The molecule has 1 aromatic rings. The van der Waals surface area contributed by atoms with Gasteiger partial charge in [0.15, 0.2) is 0 Å². The first-order valence-corrected chi connectivity index (χ1v) is 10.00. The number of nitrogens with one attached hydrogen (secondary N) is 1. The zero-order chi connectivity index (χ0) is 18.4. The lowest BCUT2D eigenvalue weighted by Gasteiger charge is -2.20. The molecule has 1 fully saturated rings. The first-order chi connectivity index (χ1) is 11.9. The number of anilines is 1. The number of nitro benzene ring substituents is 1. The molecule has 140 valence electrons. The summed E-state index contributed by atoms with van der Waals surface area (Å²) < 4.78 is 27.0. The van der Waals surface area contributed by atoms with E-state index in [1.165, 1.54) is 16.4 Å². The minimum absolute atomic E-state index is 0.0660. The molecule has 1 aliphatic rings. The molecule has 1 aliphatic heterocycles. The molecular formula is C16H25N3O5S. The highest BCUT2D eigenvalue weighted by Crippen LogP contribution is 2.30. The van der Waals surface area contributed by atoms with Crippen molar-refractivity contribution < 1.29 is 18.4 Å². The van der Waals surface area contributed by atoms with Crippen LogP contribution in [0.1, 0.15) is 39.0 Å². The SMILES string of the molecule is CC[C@H](CO)Nc1ccc(S(=O)(=O)N2CCCCCC2)cc1[N+](=O)[O-]. The molecule has 2 rings (SSSR count). The number of sulfonamides is 1. The first kappa shape index (κ1) is 19.6. The van der Waals surface area contributed by atoms with Crippen LogP contribution in [0.3, 0.4) is 0 Å². The molecule has 0 radical (unpaired) electrons. The summed E-state index contributed by atoms with van der Waals surface area (Å²) in [6.07, 6.45) is 4.18. The zero-order valence-corrected chi connectivity index (χ0v) is 15.2. The van der Waals surface area contributed by atoms with Crippen LogP contribution in [-0.4, -0.2) is 48.5 Å². The van der Waals surface area contributed by atoms with Crippen LogP contribution >= 0.6 is 0 Å². The highest BCUT2D eigenvalue weighted by molar-refractivity contribution is 7.89. The van der Waals surface area contributed by atoms with E-state index in [1.807, 2.05) is 6.92 Å². The Hall–Kier alpha value is -1.71. The number of nitro groups is 1. The molecule has 25 heavy (non-hydrogen) atoms. The van der Waals surface area contributed by atoms with Gasteiger partial charge < -0.3 is 10.4 Å². The van der Waals surface area contributed by atoms with Gasteiger partial charge in [-0.1, -0.05) is 19.8 Å². The average Bonchev–Trinajstić information content (AvgIpc) is 2.89. The number of benzene rings is 1. The lowest BCUT2D eigenvalue weighted by molar-refractivity contribution is -0.384. The van der Waals surface area contributed by atoms with Gasteiger partial charge in [-0.2, -0.15) is 4.31 Å². The van der Waals surface area contributed by atoms with Gasteiger partial charge in [0, 0.05) is 25.2 Å². The van der Waals surface area contributed by atoms with E-state index in [0.29, 0.717) is 19.5 Å². The van der Waals surface area contributed by atoms with Crippen LogP contribution in [-0.2, 0) is 10.0 Å². The Morgan fingerprint density at radius 3 is 2.44 bits per heavy atom. The minimum Gasteiger partial charge on any atom is -0.394 e. The lowest BCUT2D eigenvalue weighted by atomic mass is 10.2. The standard InChI is InChI=1S/C16H25N3O5S/c1-2-13(12-20)17-15-8-7-14(11-16(15)19(21)22)25(23,24)18-9-5-3-4-6-10-18/h7-8,11,13,17,20H,2-6,9-10,12H2,1H3/t13-/m1/s1. The predicted octanol–water partition coefficient (Wildman–Crippen LogP) is 2.34. The van der Waals surface area contributed by atoms with E-state index in [2.05, 4.69) is 5.32 Å². The number of aliphatic hydroxyl groups is 1. The number of aliphatic hydroxyl groups excluding tert-OH is 1. The summed E-state index contributed by atoms with van der Waals surface area (Å²) in [5.74, 6) is 0. The van der Waals surface area contributed by atoms with Crippen LogP contribution < -0.4 is 5.32 Å². The molecule has 0 amide bonds. The average molecular weight is 371 g/mol. The smallest absolute Gasteiger partial charge is 0.293 e. The van der Waals surface area contributed by atoms with Crippen LogP contribution in [0.4, 0.5) is 11.4 Å². The monoisotopic (exact) mass is 371 g/mol. The van der Waals surface area contributed by atoms with Crippen molar-refractivity contribution in [2.75, 3.05) is 25.0 Å². The Bertz CT molecular complexity index is 696. The van der Waals surface area contributed by atoms with Crippen molar-refractivity contribution >= 4 is 21.4 Å². The van der Waals surface area contributed by atoms with Gasteiger partial charge in [-0.05, 0) is 31.4 Å². The zero-order valence-electron chi connectivity index (χ0n) is 14.3. The molecule has 0 saturated carbocycles. The van der Waals surface area contributed by atoms with Gasteiger partial charge in [-0.25, -0.2) is 8.42 Å². The van der Waals surface area contributed by atoms with Gasteiger partial charge in [0.05, 0.1) is 16.4 Å². The molecule has 0 aliphatic carbocycles. The molecule has 2 N–H and O–H groups in total. The second-order valence-electron chi connectivity index (χ2n) is 6.19. The van der Waals surface area contributed by atoms with Crippen molar-refractivity contribution in [3.8, 4) is 0 Å². The fourth-order valence-electron chi connectivity index (χ4n) is 2.87. The molecule has 0 bridgehead atoms. The Labute approximate surface area is 148 Å². The van der Waals surface area contributed by atoms with Crippen molar-refractivity contribution in [1.82, 2.24) is 4.31 Å². The molecule has 0 aromatic heterocycles. The van der Waals surface area contributed by atoms with E-state index in [-0.39, 0.29) is 28.9 Å². The van der Waals surface area contributed by atoms with Gasteiger partial charge in [-0.15, -0.1) is 0 Å². The van der Waals surface area contributed by atoms with Crippen molar-refractivity contribution in [1.29, 1.82) is 0 Å². The van der Waals surface area contributed by atoms with Crippen molar-refractivity contribution in [3.05, 3.63) is 28.3 Å². The molecule has 0 spiro atoms. The maximum Gasteiger partial charge on any atom is 0.293 e. The summed E-state index contributed by atoms with van der Waals surface area (Å²) in [6, 6.07) is 3.57. The third-order valence-corrected chi connectivity index (χ3v) is 6.34. The third kappa shape index (κ3) is 4.68. The second-order valence-corrected chi connectivity index (χ2v) is 8.12. The number of rotatable bonds is 7. The van der Waals surface area contributed by atoms with E-state index in [4.69, 9.17) is 0 Å². The first-order valence-electron chi connectivity index (χ1n) is 8.56. The fourth-order valence-corrected chi connectivity index (χ4v) is 4.41. The Balaban J connectivity index is 2.35. The fraction of sp³-hybridized carbons (Fsp3) is 0.625. The van der Waals surface area contributed by atoms with Crippen LogP contribution in [0.25, 0.3) is 0 Å². The summed E-state index contributed by atoms with van der Waals surface area (Å²) in [6.45, 7) is 2.57. The second kappa shape index (κ2) is 8.59. The number of nitrogens with zero attached hydrogens (tertiary/aromatic N) is 2. The summed E-state index contributed by atoms with van der Waals surface area (Å²) in [4.78, 5) is 10.7. The van der Waals surface area contributed by atoms with Crippen molar-refractivity contribution in [2.24, 2.45) is 0 Å². The van der Waals surface area contributed by atoms with Gasteiger partial charge in [-0.3, -0.25) is 10.1 Å². The summed E-state index contributed by atoms with van der Waals surface area (Å²) in [5.41, 5.74) is -0.0940. The third-order valence-electron chi connectivity index (χ3n) is 4.44. The van der Waals surface area contributed by atoms with Crippen LogP contribution in [0.15, 0.2) is 23.1 Å². The highest BCUT2D eigenvalue weighted by Gasteiger charge is 2.28. The lowest BCUT2D eigenvalue weighted by Crippen LogP contribution is -2.32. The summed E-state index contributed by atoms with van der Waals surface area (Å²) >= 11 is 0. The Kier molecular flexibility index (Phi) is 6.74. The van der Waals surface area contributed by atoms with E-state index in [9.17, 15) is 23.6 Å². The topological polar surface area (TPSA) is 113 Å². The van der Waals surface area contributed by atoms with E-state index >= 15 is 0 Å². The summed E-state index contributed by atoms with van der Waals surface area (Å²) in [7, 11) is -3.75. The number of hydrogen-bond acceptors (Lipinski definition) is 6. The largest absolute Gasteiger partial charge is 0.394 e. The highest BCUT2D eigenvalue weighted by atomic mass is 32.2. The maximum atomic E-state index is 12.8. The predicted molar refractivity (Wildman–Crippen MR) is 95.1 cm³/mol. The molecular weight excluding hydrogens is 346 g/mol. The molecule has 1 heterocycles. The van der Waals surface area contributed by atoms with Crippen molar-refractivity contribution in [2.45, 2.75) is 50.0 Å².